The highest BCUT2D eigenvalue weighted by Crippen LogP contribution is 2.26. The molecule has 3 heteroatoms. The lowest BCUT2D eigenvalue weighted by atomic mass is 10.0. The molecule has 1 aliphatic heterocycles. The van der Waals surface area contributed by atoms with Crippen molar-refractivity contribution in [3.8, 4) is 0 Å². The number of aliphatic hydroxyl groups excluding tert-OH is 1. The monoisotopic (exact) mass is 237 g/mol. The van der Waals surface area contributed by atoms with Gasteiger partial charge in [-0.2, -0.15) is 0 Å². The summed E-state index contributed by atoms with van der Waals surface area (Å²) in [6, 6.07) is 0.389. The predicted octanol–water partition coefficient (Wildman–Crippen LogP) is 2.11. The Balaban J connectivity index is 1.82. The quantitative estimate of drug-likeness (QED) is 0.744. The van der Waals surface area contributed by atoms with E-state index in [1.165, 1.54) is 0 Å². The molecule has 1 heterocycles. The first-order valence-corrected chi connectivity index (χ1v) is 6.88. The van der Waals surface area contributed by atoms with Crippen LogP contribution in [0.4, 0.5) is 0 Å². The lowest BCUT2D eigenvalue weighted by Gasteiger charge is -2.25. The van der Waals surface area contributed by atoms with Crippen LogP contribution in [0.25, 0.3) is 0 Å². The number of aliphatic hydroxyl groups is 1. The largest absolute Gasteiger partial charge is 0.396 e. The van der Waals surface area contributed by atoms with Crippen LogP contribution in [0.15, 0.2) is 12.2 Å². The molecule has 1 fully saturated rings. The topological polar surface area (TPSA) is 40.5 Å². The zero-order valence-corrected chi connectivity index (χ0v) is 10.5. The van der Waals surface area contributed by atoms with E-state index >= 15 is 0 Å². The fourth-order valence-corrected chi connectivity index (χ4v) is 3.00. The SMILES string of the molecule is O=C(CC1C=CCC1)N1CCCC1CCCO. The van der Waals surface area contributed by atoms with Gasteiger partial charge in [-0.25, -0.2) is 0 Å². The van der Waals surface area contributed by atoms with Crippen molar-refractivity contribution in [1.82, 2.24) is 4.90 Å². The Morgan fingerprint density at radius 1 is 1.41 bits per heavy atom. The van der Waals surface area contributed by atoms with Crippen LogP contribution >= 0.6 is 0 Å². The van der Waals surface area contributed by atoms with Crippen LogP contribution in [0.3, 0.4) is 0 Å². The Morgan fingerprint density at radius 3 is 3.00 bits per heavy atom. The number of rotatable bonds is 5. The summed E-state index contributed by atoms with van der Waals surface area (Å²) in [5, 5.41) is 8.87. The van der Waals surface area contributed by atoms with E-state index in [-0.39, 0.29) is 6.61 Å². The van der Waals surface area contributed by atoms with Crippen molar-refractivity contribution in [3.63, 3.8) is 0 Å². The summed E-state index contributed by atoms with van der Waals surface area (Å²) in [5.41, 5.74) is 0. The van der Waals surface area contributed by atoms with Gasteiger partial charge in [0.1, 0.15) is 0 Å². The van der Waals surface area contributed by atoms with Gasteiger partial charge in [0.15, 0.2) is 0 Å². The minimum atomic E-state index is 0.240. The third kappa shape index (κ3) is 3.32. The lowest BCUT2D eigenvalue weighted by molar-refractivity contribution is -0.132. The minimum Gasteiger partial charge on any atom is -0.396 e. The molecule has 0 bridgehead atoms. The maximum absolute atomic E-state index is 12.2. The zero-order chi connectivity index (χ0) is 12.1. The highest BCUT2D eigenvalue weighted by atomic mass is 16.3. The molecule has 1 aliphatic carbocycles. The molecule has 0 spiro atoms. The Kier molecular flexibility index (Phi) is 4.60. The van der Waals surface area contributed by atoms with E-state index < -0.39 is 0 Å². The van der Waals surface area contributed by atoms with Crippen LogP contribution in [0.1, 0.15) is 44.9 Å². The van der Waals surface area contributed by atoms with Crippen molar-refractivity contribution in [3.05, 3.63) is 12.2 Å². The lowest BCUT2D eigenvalue weighted by Crippen LogP contribution is -2.36. The Labute approximate surface area is 103 Å². The van der Waals surface area contributed by atoms with Crippen LogP contribution in [0.2, 0.25) is 0 Å². The van der Waals surface area contributed by atoms with Crippen molar-refractivity contribution in [2.45, 2.75) is 51.0 Å². The van der Waals surface area contributed by atoms with Crippen molar-refractivity contribution in [2.75, 3.05) is 13.2 Å². The number of hydrogen-bond donors (Lipinski definition) is 1. The summed E-state index contributed by atoms with van der Waals surface area (Å²) in [4.78, 5) is 14.3. The van der Waals surface area contributed by atoms with E-state index in [4.69, 9.17) is 5.11 Å². The summed E-state index contributed by atoms with van der Waals surface area (Å²) in [7, 11) is 0. The number of carbonyl (C=O) groups excluding carboxylic acids is 1. The summed E-state index contributed by atoms with van der Waals surface area (Å²) in [6.07, 6.45) is 11.4. The first-order valence-electron chi connectivity index (χ1n) is 6.88. The van der Waals surface area contributed by atoms with Gasteiger partial charge in [-0.15, -0.1) is 0 Å². The van der Waals surface area contributed by atoms with Crippen LogP contribution in [0, 0.1) is 5.92 Å². The molecular weight excluding hydrogens is 214 g/mol. The molecule has 0 aromatic rings. The zero-order valence-electron chi connectivity index (χ0n) is 10.5. The molecule has 2 aliphatic rings. The van der Waals surface area contributed by atoms with Crippen LogP contribution in [-0.4, -0.2) is 35.1 Å². The standard InChI is InChI=1S/C14H23NO2/c16-10-4-8-13-7-3-9-15(13)14(17)11-12-5-1-2-6-12/h1,5,12-13,16H,2-4,6-11H2. The van der Waals surface area contributed by atoms with Gasteiger partial charge in [0.2, 0.25) is 5.91 Å². The number of likely N-dealkylation sites (tertiary alicyclic amines) is 1. The van der Waals surface area contributed by atoms with E-state index in [0.717, 1.165) is 45.1 Å². The van der Waals surface area contributed by atoms with E-state index in [1.807, 2.05) is 0 Å². The van der Waals surface area contributed by atoms with Crippen LogP contribution < -0.4 is 0 Å². The average Bonchev–Trinajstić information content (AvgIpc) is 2.96. The molecule has 3 nitrogen and oxygen atoms in total. The summed E-state index contributed by atoms with van der Waals surface area (Å²) in [5.74, 6) is 0.795. The van der Waals surface area contributed by atoms with Gasteiger partial charge in [0, 0.05) is 25.6 Å². The van der Waals surface area contributed by atoms with Gasteiger partial charge in [-0.3, -0.25) is 4.79 Å². The molecular formula is C14H23NO2. The number of allylic oxidation sites excluding steroid dienone is 2. The summed E-state index contributed by atoms with van der Waals surface area (Å²) < 4.78 is 0. The molecule has 2 unspecified atom stereocenters. The van der Waals surface area contributed by atoms with Crippen molar-refractivity contribution < 1.29 is 9.90 Å². The van der Waals surface area contributed by atoms with Gasteiger partial charge >= 0.3 is 0 Å². The van der Waals surface area contributed by atoms with Gasteiger partial charge < -0.3 is 10.0 Å². The number of nitrogens with zero attached hydrogens (tertiary/aromatic N) is 1. The molecule has 0 radical (unpaired) electrons. The Bertz CT molecular complexity index is 288. The second kappa shape index (κ2) is 6.20. The summed E-state index contributed by atoms with van der Waals surface area (Å²) >= 11 is 0. The maximum atomic E-state index is 12.2. The fraction of sp³-hybridized carbons (Fsp3) is 0.786. The first kappa shape index (κ1) is 12.6. The highest BCUT2D eigenvalue weighted by molar-refractivity contribution is 5.77. The summed E-state index contributed by atoms with van der Waals surface area (Å²) in [6.45, 7) is 1.16. The van der Waals surface area contributed by atoms with Crippen LogP contribution in [0.5, 0.6) is 0 Å². The average molecular weight is 237 g/mol. The van der Waals surface area contributed by atoms with E-state index in [9.17, 15) is 4.79 Å². The van der Waals surface area contributed by atoms with Crippen molar-refractivity contribution in [2.24, 2.45) is 5.92 Å². The Morgan fingerprint density at radius 2 is 2.29 bits per heavy atom. The number of carbonyl (C=O) groups is 1. The van der Waals surface area contributed by atoms with Gasteiger partial charge in [-0.1, -0.05) is 12.2 Å². The van der Waals surface area contributed by atoms with E-state index in [0.29, 0.717) is 24.3 Å². The van der Waals surface area contributed by atoms with Crippen LogP contribution in [-0.2, 0) is 4.79 Å². The van der Waals surface area contributed by atoms with Gasteiger partial charge in [0.25, 0.3) is 0 Å². The molecule has 0 aromatic heterocycles. The molecule has 2 atom stereocenters. The maximum Gasteiger partial charge on any atom is 0.223 e. The molecule has 96 valence electrons. The third-order valence-corrected chi connectivity index (χ3v) is 3.94. The first-order chi connectivity index (χ1) is 8.31. The number of hydrogen-bond acceptors (Lipinski definition) is 2. The highest BCUT2D eigenvalue weighted by Gasteiger charge is 2.29. The molecule has 17 heavy (non-hydrogen) atoms. The van der Waals surface area contributed by atoms with Crippen molar-refractivity contribution in [1.29, 1.82) is 0 Å². The van der Waals surface area contributed by atoms with Gasteiger partial charge in [0.05, 0.1) is 0 Å². The second-order valence-electron chi connectivity index (χ2n) is 5.22. The molecule has 0 aromatic carbocycles. The second-order valence-corrected chi connectivity index (χ2v) is 5.22. The molecule has 1 amide bonds. The molecule has 1 N–H and O–H groups in total. The van der Waals surface area contributed by atoms with Crippen molar-refractivity contribution >= 4 is 5.91 Å². The van der Waals surface area contributed by atoms with E-state index in [1.54, 1.807) is 0 Å². The minimum absolute atomic E-state index is 0.240. The normalized spacial score (nSPS) is 27.9. The van der Waals surface area contributed by atoms with Gasteiger partial charge in [-0.05, 0) is 44.4 Å². The molecule has 1 saturated heterocycles. The molecule has 2 rings (SSSR count). The Hall–Kier alpha value is -0.830. The third-order valence-electron chi connectivity index (χ3n) is 3.94. The van der Waals surface area contributed by atoms with E-state index in [2.05, 4.69) is 17.1 Å². The number of amides is 1. The smallest absolute Gasteiger partial charge is 0.223 e. The fourth-order valence-electron chi connectivity index (χ4n) is 3.00. The molecule has 0 saturated carbocycles. The predicted molar refractivity (Wildman–Crippen MR) is 67.5 cm³/mol.